The molecule has 0 amide bonds. The lowest BCUT2D eigenvalue weighted by atomic mass is 10.1. The average Bonchev–Trinajstić information content (AvgIpc) is 3.12. The van der Waals surface area contributed by atoms with Crippen LogP contribution in [0, 0.1) is 0 Å². The molecule has 1 aromatic rings. The van der Waals surface area contributed by atoms with Crippen LogP contribution in [0.4, 0.5) is 0 Å². The van der Waals surface area contributed by atoms with E-state index < -0.39 is 0 Å². The van der Waals surface area contributed by atoms with Crippen molar-refractivity contribution in [1.29, 1.82) is 0 Å². The molecule has 0 saturated carbocycles. The maximum absolute atomic E-state index is 10.4. The molecular weight excluding hydrogens is 334 g/mol. The highest BCUT2D eigenvalue weighted by Gasteiger charge is 2.27. The van der Waals surface area contributed by atoms with Crippen molar-refractivity contribution in [3.05, 3.63) is 23.8 Å². The summed E-state index contributed by atoms with van der Waals surface area (Å²) in [5.41, 5.74) is 1.31. The Morgan fingerprint density at radius 2 is 1.50 bits per heavy atom. The standard InChI is InChI=1S/C19H29N3O4/c23-17(14-22-7-9-24-10-8-22)13-21-5-3-20(4-6-21)12-16-1-2-18-19(11-16)26-15-25-18/h1-2,11,17,23H,3-10,12-15H2/p+3/t17-/m1/s1. The first-order valence-electron chi connectivity index (χ1n) is 9.91. The number of hydrogen-bond donors (Lipinski definition) is 4. The summed E-state index contributed by atoms with van der Waals surface area (Å²) in [4.78, 5) is 4.63. The number of nitrogens with one attached hydrogen (secondary N) is 3. The van der Waals surface area contributed by atoms with Gasteiger partial charge in [-0.2, -0.15) is 0 Å². The minimum absolute atomic E-state index is 0.200. The molecule has 2 saturated heterocycles. The quantitative estimate of drug-likeness (QED) is 0.414. The Balaban J connectivity index is 1.19. The lowest BCUT2D eigenvalue weighted by molar-refractivity contribution is -1.02. The van der Waals surface area contributed by atoms with Gasteiger partial charge in [-0.15, -0.1) is 0 Å². The fraction of sp³-hybridized carbons (Fsp3) is 0.684. The molecule has 2 fully saturated rings. The third kappa shape index (κ3) is 4.66. The molecule has 144 valence electrons. The predicted molar refractivity (Wildman–Crippen MR) is 94.9 cm³/mol. The Morgan fingerprint density at radius 3 is 2.27 bits per heavy atom. The fourth-order valence-corrected chi connectivity index (χ4v) is 4.28. The number of morpholine rings is 1. The number of hydrogen-bond acceptors (Lipinski definition) is 4. The third-order valence-electron chi connectivity index (χ3n) is 5.80. The van der Waals surface area contributed by atoms with E-state index in [9.17, 15) is 5.11 Å². The van der Waals surface area contributed by atoms with Crippen molar-refractivity contribution in [3.8, 4) is 11.5 Å². The predicted octanol–water partition coefficient (Wildman–Crippen LogP) is -4.03. The van der Waals surface area contributed by atoms with Gasteiger partial charge in [-0.1, -0.05) is 0 Å². The molecule has 1 aromatic carbocycles. The van der Waals surface area contributed by atoms with Crippen LogP contribution in [-0.4, -0.2) is 83.6 Å². The van der Waals surface area contributed by atoms with E-state index >= 15 is 0 Å². The second-order valence-electron chi connectivity index (χ2n) is 7.79. The lowest BCUT2D eigenvalue weighted by Crippen LogP contribution is -3.28. The van der Waals surface area contributed by atoms with Gasteiger partial charge in [-0.25, -0.2) is 0 Å². The van der Waals surface area contributed by atoms with E-state index in [0.717, 1.165) is 83.6 Å². The number of aliphatic hydroxyl groups is 1. The SMILES string of the molecule is O[C@@H](C[NH+]1CCOCC1)C[NH+]1CC[NH+](Cc2ccc3c(c2)OCO3)CC1. The molecule has 0 radical (unpaired) electrons. The van der Waals surface area contributed by atoms with Crippen LogP contribution < -0.4 is 24.2 Å². The normalized spacial score (nSPS) is 27.4. The number of benzene rings is 1. The van der Waals surface area contributed by atoms with E-state index in [1.807, 2.05) is 6.07 Å². The van der Waals surface area contributed by atoms with Crippen LogP contribution in [0.1, 0.15) is 5.56 Å². The maximum atomic E-state index is 10.4. The largest absolute Gasteiger partial charge is 0.454 e. The van der Waals surface area contributed by atoms with Gasteiger partial charge in [0.15, 0.2) is 17.6 Å². The Labute approximate surface area is 155 Å². The molecule has 0 spiro atoms. The molecule has 1 atom stereocenters. The molecule has 0 bridgehead atoms. The van der Waals surface area contributed by atoms with Crippen LogP contribution in [0.5, 0.6) is 11.5 Å². The molecule has 3 aliphatic heterocycles. The minimum Gasteiger partial charge on any atom is -0.454 e. The molecule has 7 heteroatoms. The minimum atomic E-state index is -0.200. The zero-order chi connectivity index (χ0) is 17.8. The number of ether oxygens (including phenoxy) is 3. The van der Waals surface area contributed by atoms with Gasteiger partial charge in [0.25, 0.3) is 0 Å². The lowest BCUT2D eigenvalue weighted by Gasteiger charge is -2.32. The van der Waals surface area contributed by atoms with E-state index in [1.54, 1.807) is 9.80 Å². The van der Waals surface area contributed by atoms with Gasteiger partial charge in [0.2, 0.25) is 6.79 Å². The molecule has 7 nitrogen and oxygen atoms in total. The van der Waals surface area contributed by atoms with E-state index in [-0.39, 0.29) is 6.10 Å². The monoisotopic (exact) mass is 366 g/mol. The van der Waals surface area contributed by atoms with Crippen molar-refractivity contribution >= 4 is 0 Å². The molecule has 4 N–H and O–H groups in total. The van der Waals surface area contributed by atoms with E-state index in [2.05, 4.69) is 12.1 Å². The summed E-state index contributed by atoms with van der Waals surface area (Å²) < 4.78 is 16.3. The van der Waals surface area contributed by atoms with Gasteiger partial charge < -0.3 is 34.0 Å². The molecule has 3 heterocycles. The number of piperazine rings is 1. The Bertz CT molecular complexity index is 586. The van der Waals surface area contributed by atoms with Gasteiger partial charge >= 0.3 is 0 Å². The van der Waals surface area contributed by atoms with Crippen LogP contribution in [0.2, 0.25) is 0 Å². The number of rotatable bonds is 6. The topological polar surface area (TPSA) is 61.2 Å². The summed E-state index contributed by atoms with van der Waals surface area (Å²) in [6, 6.07) is 6.28. The molecule has 0 unspecified atom stereocenters. The second-order valence-corrected chi connectivity index (χ2v) is 7.79. The van der Waals surface area contributed by atoms with Crippen molar-refractivity contribution in [2.75, 3.05) is 72.4 Å². The van der Waals surface area contributed by atoms with Crippen LogP contribution >= 0.6 is 0 Å². The highest BCUT2D eigenvalue weighted by Crippen LogP contribution is 2.32. The molecule has 3 aliphatic rings. The molecular formula is C19H32N3O4+3. The van der Waals surface area contributed by atoms with Gasteiger partial charge in [0.05, 0.1) is 13.2 Å². The van der Waals surface area contributed by atoms with Crippen LogP contribution in [0.15, 0.2) is 18.2 Å². The van der Waals surface area contributed by atoms with Gasteiger partial charge in [0, 0.05) is 5.56 Å². The van der Waals surface area contributed by atoms with Crippen molar-refractivity contribution in [1.82, 2.24) is 0 Å². The van der Waals surface area contributed by atoms with Gasteiger partial charge in [-0.05, 0) is 18.2 Å². The highest BCUT2D eigenvalue weighted by molar-refractivity contribution is 5.44. The van der Waals surface area contributed by atoms with E-state index in [4.69, 9.17) is 14.2 Å². The van der Waals surface area contributed by atoms with Crippen LogP contribution in [0.25, 0.3) is 0 Å². The summed E-state index contributed by atoms with van der Waals surface area (Å²) in [5.74, 6) is 1.73. The zero-order valence-corrected chi connectivity index (χ0v) is 15.5. The molecule has 4 rings (SSSR count). The van der Waals surface area contributed by atoms with Crippen molar-refractivity contribution in [2.45, 2.75) is 12.6 Å². The van der Waals surface area contributed by atoms with Crippen LogP contribution in [-0.2, 0) is 11.3 Å². The van der Waals surface area contributed by atoms with E-state index in [0.29, 0.717) is 6.79 Å². The smallest absolute Gasteiger partial charge is 0.231 e. The van der Waals surface area contributed by atoms with Crippen molar-refractivity contribution in [3.63, 3.8) is 0 Å². The summed E-state index contributed by atoms with van der Waals surface area (Å²) in [6.07, 6.45) is -0.200. The van der Waals surface area contributed by atoms with Gasteiger partial charge in [0.1, 0.15) is 58.9 Å². The zero-order valence-electron chi connectivity index (χ0n) is 15.5. The summed E-state index contributed by atoms with van der Waals surface area (Å²) >= 11 is 0. The molecule has 0 aliphatic carbocycles. The molecule has 26 heavy (non-hydrogen) atoms. The van der Waals surface area contributed by atoms with E-state index in [1.165, 1.54) is 10.5 Å². The summed E-state index contributed by atoms with van der Waals surface area (Å²) in [6.45, 7) is 11.4. The number of fused-ring (bicyclic) bond motifs is 1. The first-order chi connectivity index (χ1) is 12.8. The van der Waals surface area contributed by atoms with Crippen LogP contribution in [0.3, 0.4) is 0 Å². The fourth-order valence-electron chi connectivity index (χ4n) is 4.28. The maximum Gasteiger partial charge on any atom is 0.231 e. The first kappa shape index (κ1) is 18.0. The Hall–Kier alpha value is -1.38. The van der Waals surface area contributed by atoms with Crippen molar-refractivity contribution in [2.24, 2.45) is 0 Å². The number of quaternary nitrogens is 3. The second kappa shape index (κ2) is 8.54. The van der Waals surface area contributed by atoms with Crippen molar-refractivity contribution < 1.29 is 34.0 Å². The first-order valence-corrected chi connectivity index (χ1v) is 9.91. The Kier molecular flexibility index (Phi) is 5.91. The summed E-state index contributed by atoms with van der Waals surface area (Å²) in [7, 11) is 0. The summed E-state index contributed by atoms with van der Waals surface area (Å²) in [5, 5.41) is 10.4. The Morgan fingerprint density at radius 1 is 0.846 bits per heavy atom. The average molecular weight is 366 g/mol. The third-order valence-corrected chi connectivity index (χ3v) is 5.80. The molecule has 0 aromatic heterocycles. The van der Waals surface area contributed by atoms with Gasteiger partial charge in [-0.3, -0.25) is 0 Å². The number of aliphatic hydroxyl groups excluding tert-OH is 1. The highest BCUT2D eigenvalue weighted by atomic mass is 16.7.